The molecular formula is C23H21FN4O3. The normalized spacial score (nSPS) is 16.2. The molecule has 0 saturated carbocycles. The molecule has 1 N–H and O–H groups in total. The molecular weight excluding hydrogens is 399 g/mol. The summed E-state index contributed by atoms with van der Waals surface area (Å²) in [4.78, 5) is 32.7. The molecule has 1 saturated heterocycles. The quantitative estimate of drug-likeness (QED) is 0.538. The van der Waals surface area contributed by atoms with Gasteiger partial charge in [-0.1, -0.05) is 30.3 Å². The average molecular weight is 420 g/mol. The third-order valence-electron chi connectivity index (χ3n) is 5.58. The molecule has 5 rings (SSSR count). The van der Waals surface area contributed by atoms with E-state index in [1.807, 2.05) is 30.3 Å². The molecule has 4 aromatic rings. The van der Waals surface area contributed by atoms with E-state index in [2.05, 4.69) is 4.98 Å². The highest BCUT2D eigenvalue weighted by atomic mass is 19.1. The van der Waals surface area contributed by atoms with E-state index in [0.29, 0.717) is 35.7 Å². The molecule has 0 radical (unpaired) electrons. The lowest BCUT2D eigenvalue weighted by Gasteiger charge is -2.14. The van der Waals surface area contributed by atoms with E-state index >= 15 is 0 Å². The van der Waals surface area contributed by atoms with E-state index in [4.69, 9.17) is 9.72 Å². The van der Waals surface area contributed by atoms with Crippen LogP contribution in [0, 0.1) is 5.82 Å². The number of halogens is 1. The Morgan fingerprint density at radius 2 is 1.84 bits per heavy atom. The van der Waals surface area contributed by atoms with Gasteiger partial charge < -0.3 is 9.30 Å². The van der Waals surface area contributed by atoms with Crippen molar-refractivity contribution in [2.24, 2.45) is 0 Å². The second kappa shape index (κ2) is 7.96. The molecule has 1 fully saturated rings. The molecule has 158 valence electrons. The van der Waals surface area contributed by atoms with Gasteiger partial charge in [0.25, 0.3) is 5.56 Å². The highest BCUT2D eigenvalue weighted by Crippen LogP contribution is 2.26. The van der Waals surface area contributed by atoms with Gasteiger partial charge in [0, 0.05) is 12.2 Å². The molecule has 3 heterocycles. The third kappa shape index (κ3) is 3.70. The number of ether oxygens (including phenoxy) is 1. The number of imidazole rings is 1. The van der Waals surface area contributed by atoms with Crippen molar-refractivity contribution < 1.29 is 9.13 Å². The number of nitrogens with zero attached hydrogens (tertiary/aromatic N) is 3. The minimum absolute atomic E-state index is 0.0505. The van der Waals surface area contributed by atoms with Crippen molar-refractivity contribution in [2.45, 2.75) is 32.0 Å². The van der Waals surface area contributed by atoms with Crippen LogP contribution in [-0.4, -0.2) is 31.8 Å². The molecule has 0 bridgehead atoms. The number of nitrogens with one attached hydrogen (secondary N) is 1. The molecule has 0 spiro atoms. The van der Waals surface area contributed by atoms with Gasteiger partial charge >= 0.3 is 5.69 Å². The van der Waals surface area contributed by atoms with Crippen molar-refractivity contribution in [3.63, 3.8) is 0 Å². The first-order chi connectivity index (χ1) is 15.1. The smallest absolute Gasteiger partial charge is 0.330 e. The highest BCUT2D eigenvalue weighted by molar-refractivity contribution is 5.77. The first-order valence-electron chi connectivity index (χ1n) is 10.2. The molecule has 1 unspecified atom stereocenters. The van der Waals surface area contributed by atoms with Gasteiger partial charge in [0.2, 0.25) is 0 Å². The Kier molecular flexibility index (Phi) is 4.99. The molecule has 1 aliphatic heterocycles. The van der Waals surface area contributed by atoms with Crippen molar-refractivity contribution in [1.82, 2.24) is 19.1 Å². The topological polar surface area (TPSA) is 81.9 Å². The Balaban J connectivity index is 1.73. The first kappa shape index (κ1) is 19.4. The summed E-state index contributed by atoms with van der Waals surface area (Å²) < 4.78 is 22.5. The summed E-state index contributed by atoms with van der Waals surface area (Å²) in [5.41, 5.74) is 1.17. The van der Waals surface area contributed by atoms with Gasteiger partial charge in [0.1, 0.15) is 11.6 Å². The number of H-pyrrole nitrogens is 1. The van der Waals surface area contributed by atoms with Crippen molar-refractivity contribution >= 4 is 11.2 Å². The zero-order valence-electron chi connectivity index (χ0n) is 16.8. The Hall–Kier alpha value is -3.52. The minimum atomic E-state index is -0.520. The van der Waals surface area contributed by atoms with E-state index in [9.17, 15) is 14.0 Å². The largest absolute Gasteiger partial charge is 0.376 e. The number of aromatic nitrogens is 4. The Bertz CT molecular complexity index is 1330. The van der Waals surface area contributed by atoms with Gasteiger partial charge in [0.15, 0.2) is 11.2 Å². The summed E-state index contributed by atoms with van der Waals surface area (Å²) in [5.74, 6) is 0.146. The maximum Gasteiger partial charge on any atom is 0.330 e. The molecule has 0 aliphatic carbocycles. The van der Waals surface area contributed by atoms with Gasteiger partial charge in [-0.25, -0.2) is 14.2 Å². The summed E-state index contributed by atoms with van der Waals surface area (Å²) in [7, 11) is 0. The maximum absolute atomic E-state index is 13.5. The zero-order chi connectivity index (χ0) is 21.4. The third-order valence-corrected chi connectivity index (χ3v) is 5.58. The van der Waals surface area contributed by atoms with Crippen LogP contribution >= 0.6 is 0 Å². The molecule has 2 aromatic heterocycles. The van der Waals surface area contributed by atoms with Gasteiger partial charge in [0.05, 0.1) is 19.2 Å². The second-order valence-corrected chi connectivity index (χ2v) is 7.69. The lowest BCUT2D eigenvalue weighted by atomic mass is 10.2. The molecule has 1 aliphatic rings. The number of rotatable bonds is 5. The number of aromatic amines is 1. The lowest BCUT2D eigenvalue weighted by molar-refractivity contribution is 0.0982. The monoisotopic (exact) mass is 420 g/mol. The van der Waals surface area contributed by atoms with Crippen LogP contribution in [0.1, 0.15) is 18.4 Å². The van der Waals surface area contributed by atoms with Crippen LogP contribution in [0.5, 0.6) is 0 Å². The van der Waals surface area contributed by atoms with Crippen molar-refractivity contribution in [1.29, 1.82) is 0 Å². The van der Waals surface area contributed by atoms with Crippen molar-refractivity contribution in [2.75, 3.05) is 6.61 Å². The molecule has 7 nitrogen and oxygen atoms in total. The van der Waals surface area contributed by atoms with Gasteiger partial charge in [-0.2, -0.15) is 0 Å². The summed E-state index contributed by atoms with van der Waals surface area (Å²) >= 11 is 0. The summed E-state index contributed by atoms with van der Waals surface area (Å²) in [6.07, 6.45) is 1.79. The standard InChI is InChI=1S/C23H21FN4O3/c24-17-10-8-16(9-11-17)20-25-21-19(27(20)14-18-7-4-12-31-18)22(29)26-23(30)28(21)13-15-5-2-1-3-6-15/h1-3,5-6,8-11,18H,4,7,12-14H2,(H,26,29,30). The van der Waals surface area contributed by atoms with Crippen LogP contribution in [0.3, 0.4) is 0 Å². The predicted molar refractivity (Wildman–Crippen MR) is 115 cm³/mol. The van der Waals surface area contributed by atoms with Gasteiger partial charge in [-0.15, -0.1) is 0 Å². The fourth-order valence-electron chi connectivity index (χ4n) is 4.07. The number of benzene rings is 2. The Morgan fingerprint density at radius 1 is 1.06 bits per heavy atom. The predicted octanol–water partition coefficient (Wildman–Crippen LogP) is 2.92. The first-order valence-corrected chi connectivity index (χ1v) is 10.2. The zero-order valence-corrected chi connectivity index (χ0v) is 16.8. The maximum atomic E-state index is 13.5. The van der Waals surface area contributed by atoms with Crippen LogP contribution in [0.4, 0.5) is 4.39 Å². The van der Waals surface area contributed by atoms with Crippen LogP contribution < -0.4 is 11.2 Å². The molecule has 31 heavy (non-hydrogen) atoms. The number of hydrogen-bond acceptors (Lipinski definition) is 4. The van der Waals surface area contributed by atoms with Gasteiger partial charge in [-0.3, -0.25) is 14.3 Å². The summed E-state index contributed by atoms with van der Waals surface area (Å²) in [5, 5.41) is 0. The van der Waals surface area contributed by atoms with Gasteiger partial charge in [-0.05, 0) is 42.7 Å². The van der Waals surface area contributed by atoms with E-state index in [-0.39, 0.29) is 18.5 Å². The molecule has 2 aromatic carbocycles. The molecule has 8 heteroatoms. The lowest BCUT2D eigenvalue weighted by Crippen LogP contribution is -2.32. The minimum Gasteiger partial charge on any atom is -0.376 e. The summed E-state index contributed by atoms with van der Waals surface area (Å²) in [6, 6.07) is 15.5. The van der Waals surface area contributed by atoms with E-state index in [1.165, 1.54) is 16.7 Å². The van der Waals surface area contributed by atoms with Crippen LogP contribution in [0.25, 0.3) is 22.6 Å². The van der Waals surface area contributed by atoms with E-state index in [0.717, 1.165) is 18.4 Å². The van der Waals surface area contributed by atoms with Crippen molar-refractivity contribution in [3.8, 4) is 11.4 Å². The van der Waals surface area contributed by atoms with Crippen LogP contribution in [0.2, 0.25) is 0 Å². The van der Waals surface area contributed by atoms with Crippen LogP contribution in [-0.2, 0) is 17.8 Å². The van der Waals surface area contributed by atoms with Crippen LogP contribution in [0.15, 0.2) is 64.2 Å². The molecule has 0 amide bonds. The highest BCUT2D eigenvalue weighted by Gasteiger charge is 2.24. The number of fused-ring (bicyclic) bond motifs is 1. The van der Waals surface area contributed by atoms with E-state index in [1.54, 1.807) is 16.7 Å². The Morgan fingerprint density at radius 3 is 2.55 bits per heavy atom. The van der Waals surface area contributed by atoms with E-state index < -0.39 is 11.2 Å². The second-order valence-electron chi connectivity index (χ2n) is 7.69. The fourth-order valence-corrected chi connectivity index (χ4v) is 4.07. The SMILES string of the molecule is O=c1[nH]c(=O)n(Cc2ccccc2)c2nc(-c3ccc(F)cc3)n(CC3CCCO3)c12. The Labute approximate surface area is 176 Å². The number of hydrogen-bond donors (Lipinski definition) is 1. The summed E-state index contributed by atoms with van der Waals surface area (Å²) in [6.45, 7) is 1.38. The van der Waals surface area contributed by atoms with Crippen molar-refractivity contribution in [3.05, 3.63) is 86.8 Å². The fraction of sp³-hybridized carbons (Fsp3) is 0.261. The average Bonchev–Trinajstić information content (AvgIpc) is 3.41. The molecule has 1 atom stereocenters.